The fourth-order valence-electron chi connectivity index (χ4n) is 1.94. The zero-order chi connectivity index (χ0) is 17.5. The first-order valence-corrected chi connectivity index (χ1v) is 9.29. The van der Waals surface area contributed by atoms with Crippen molar-refractivity contribution in [1.29, 1.82) is 0 Å². The van der Waals surface area contributed by atoms with Crippen LogP contribution < -0.4 is 10.6 Å². The Balaban J connectivity index is 1.43. The maximum Gasteiger partial charge on any atom is 0.230 e. The van der Waals surface area contributed by atoms with Crippen molar-refractivity contribution in [2.75, 3.05) is 11.1 Å². The summed E-state index contributed by atoms with van der Waals surface area (Å²) in [6.45, 7) is 0.372. The molecule has 0 atom stereocenters. The van der Waals surface area contributed by atoms with Gasteiger partial charge >= 0.3 is 0 Å². The number of anilines is 2. The van der Waals surface area contributed by atoms with Crippen molar-refractivity contribution < 1.29 is 9.18 Å². The molecule has 2 N–H and O–H groups in total. The molecule has 2 aromatic carbocycles. The number of para-hydroxylation sites is 1. The number of nitrogens with one attached hydrogen (secondary N) is 2. The lowest BCUT2D eigenvalue weighted by molar-refractivity contribution is -0.118. The second-order valence-corrected chi connectivity index (χ2v) is 7.26. The molecule has 5 nitrogen and oxygen atoms in total. The number of thioether (sulfide) groups is 1. The summed E-state index contributed by atoms with van der Waals surface area (Å²) >= 11 is 2.72. The predicted molar refractivity (Wildman–Crippen MR) is 98.6 cm³/mol. The van der Waals surface area contributed by atoms with Gasteiger partial charge in [-0.2, -0.15) is 0 Å². The summed E-state index contributed by atoms with van der Waals surface area (Å²) in [4.78, 5) is 11.9. The average Bonchev–Trinajstić information content (AvgIpc) is 3.08. The van der Waals surface area contributed by atoms with Gasteiger partial charge in [-0.15, -0.1) is 10.2 Å². The van der Waals surface area contributed by atoms with E-state index in [-0.39, 0.29) is 17.5 Å². The minimum absolute atomic E-state index is 0.109. The quantitative estimate of drug-likeness (QED) is 0.615. The van der Waals surface area contributed by atoms with E-state index in [4.69, 9.17) is 0 Å². The molecule has 25 heavy (non-hydrogen) atoms. The number of halogens is 1. The number of carbonyl (C=O) groups excluding carboxylic acids is 1. The molecule has 8 heteroatoms. The second kappa shape index (κ2) is 8.59. The minimum atomic E-state index is -0.290. The van der Waals surface area contributed by atoms with Crippen LogP contribution >= 0.6 is 23.1 Å². The minimum Gasteiger partial charge on any atom is -0.351 e. The molecule has 1 heterocycles. The highest BCUT2D eigenvalue weighted by Gasteiger charge is 2.08. The summed E-state index contributed by atoms with van der Waals surface area (Å²) in [6, 6.07) is 15.7. The SMILES string of the molecule is O=C(CSc1nnc(Nc2ccccc2)s1)NCc1ccc(F)cc1. The van der Waals surface area contributed by atoms with Crippen LogP contribution in [0.3, 0.4) is 0 Å². The van der Waals surface area contributed by atoms with Crippen molar-refractivity contribution in [3.63, 3.8) is 0 Å². The molecule has 0 saturated carbocycles. The van der Waals surface area contributed by atoms with Crippen molar-refractivity contribution in [3.05, 3.63) is 66.0 Å². The van der Waals surface area contributed by atoms with E-state index in [1.807, 2.05) is 30.3 Å². The predicted octanol–water partition coefficient (Wildman–Crippen LogP) is 3.83. The second-order valence-electron chi connectivity index (χ2n) is 5.06. The number of aromatic nitrogens is 2. The standard InChI is InChI=1S/C17H15FN4OS2/c18-13-8-6-12(7-9-13)10-19-15(23)11-24-17-22-21-16(25-17)20-14-4-2-1-3-5-14/h1-9H,10-11H2,(H,19,23)(H,20,21). The molecule has 0 aliphatic rings. The number of carbonyl (C=O) groups is 1. The third-order valence-electron chi connectivity index (χ3n) is 3.16. The van der Waals surface area contributed by atoms with E-state index in [1.165, 1.54) is 35.2 Å². The molecule has 0 saturated heterocycles. The van der Waals surface area contributed by atoms with Gasteiger partial charge in [0.2, 0.25) is 11.0 Å². The topological polar surface area (TPSA) is 66.9 Å². The van der Waals surface area contributed by atoms with Crippen LogP contribution in [0.1, 0.15) is 5.56 Å². The Morgan fingerprint density at radius 1 is 1.08 bits per heavy atom. The van der Waals surface area contributed by atoms with Gasteiger partial charge in [-0.25, -0.2) is 4.39 Å². The summed E-state index contributed by atoms with van der Waals surface area (Å²) in [5.41, 5.74) is 1.79. The Hall–Kier alpha value is -2.45. The van der Waals surface area contributed by atoms with Gasteiger partial charge < -0.3 is 10.6 Å². The molecule has 0 aliphatic carbocycles. The number of hydrogen-bond acceptors (Lipinski definition) is 6. The third-order valence-corrected chi connectivity index (χ3v) is 5.13. The number of benzene rings is 2. The molecule has 128 valence electrons. The Morgan fingerprint density at radius 2 is 1.84 bits per heavy atom. The lowest BCUT2D eigenvalue weighted by Gasteiger charge is -2.04. The van der Waals surface area contributed by atoms with E-state index in [0.29, 0.717) is 11.7 Å². The van der Waals surface area contributed by atoms with E-state index in [9.17, 15) is 9.18 Å². The lowest BCUT2D eigenvalue weighted by atomic mass is 10.2. The van der Waals surface area contributed by atoms with Gasteiger partial charge in [0.1, 0.15) is 5.82 Å². The Kier molecular flexibility index (Phi) is 5.97. The molecule has 1 aromatic heterocycles. The maximum atomic E-state index is 12.8. The summed E-state index contributed by atoms with van der Waals surface area (Å²) in [5, 5.41) is 14.8. The maximum absolute atomic E-state index is 12.8. The van der Waals surface area contributed by atoms with Gasteiger partial charge in [0, 0.05) is 12.2 Å². The number of nitrogens with zero attached hydrogens (tertiary/aromatic N) is 2. The fraction of sp³-hybridized carbons (Fsp3) is 0.118. The van der Waals surface area contributed by atoms with Gasteiger partial charge in [0.15, 0.2) is 4.34 Å². The number of hydrogen-bond donors (Lipinski definition) is 2. The Labute approximate surface area is 152 Å². The Bertz CT molecular complexity index is 824. The fourth-order valence-corrected chi connectivity index (χ4v) is 3.55. The van der Waals surface area contributed by atoms with Gasteiger partial charge in [0.05, 0.1) is 5.75 Å². The molecule has 0 bridgehead atoms. The summed E-state index contributed by atoms with van der Waals surface area (Å²) in [6.07, 6.45) is 0. The first-order valence-electron chi connectivity index (χ1n) is 7.48. The Morgan fingerprint density at radius 3 is 2.60 bits per heavy atom. The highest BCUT2D eigenvalue weighted by molar-refractivity contribution is 8.01. The van der Waals surface area contributed by atoms with Gasteiger partial charge in [0.25, 0.3) is 0 Å². The molecule has 0 unspecified atom stereocenters. The lowest BCUT2D eigenvalue weighted by Crippen LogP contribution is -2.24. The highest BCUT2D eigenvalue weighted by Crippen LogP contribution is 2.27. The molecule has 0 radical (unpaired) electrons. The van der Waals surface area contributed by atoms with Crippen LogP contribution in [-0.2, 0) is 11.3 Å². The molecule has 3 rings (SSSR count). The smallest absolute Gasteiger partial charge is 0.230 e. The van der Waals surface area contributed by atoms with E-state index in [0.717, 1.165) is 15.6 Å². The molecule has 0 fully saturated rings. The first kappa shape index (κ1) is 17.4. The van der Waals surface area contributed by atoms with Crippen LogP contribution in [0.2, 0.25) is 0 Å². The van der Waals surface area contributed by atoms with Crippen LogP contribution in [0, 0.1) is 5.82 Å². The summed E-state index contributed by atoms with van der Waals surface area (Å²) in [5.74, 6) is -0.148. The van der Waals surface area contributed by atoms with E-state index < -0.39 is 0 Å². The van der Waals surface area contributed by atoms with Crippen molar-refractivity contribution in [3.8, 4) is 0 Å². The van der Waals surface area contributed by atoms with Crippen LogP contribution in [-0.4, -0.2) is 21.9 Å². The number of rotatable bonds is 7. The van der Waals surface area contributed by atoms with Crippen molar-refractivity contribution in [2.24, 2.45) is 0 Å². The monoisotopic (exact) mass is 374 g/mol. The van der Waals surface area contributed by atoms with Crippen molar-refractivity contribution >= 4 is 39.8 Å². The average molecular weight is 374 g/mol. The van der Waals surface area contributed by atoms with Crippen LogP contribution in [0.15, 0.2) is 58.9 Å². The highest BCUT2D eigenvalue weighted by atomic mass is 32.2. The molecule has 3 aromatic rings. The normalized spacial score (nSPS) is 10.4. The van der Waals surface area contributed by atoms with E-state index >= 15 is 0 Å². The molecular formula is C17H15FN4OS2. The van der Waals surface area contributed by atoms with Gasteiger partial charge in [-0.1, -0.05) is 53.4 Å². The van der Waals surface area contributed by atoms with E-state index in [1.54, 1.807) is 12.1 Å². The summed E-state index contributed by atoms with van der Waals surface area (Å²) < 4.78 is 13.5. The zero-order valence-corrected chi connectivity index (χ0v) is 14.7. The molecule has 0 aliphatic heterocycles. The largest absolute Gasteiger partial charge is 0.351 e. The summed E-state index contributed by atoms with van der Waals surface area (Å²) in [7, 11) is 0. The van der Waals surface area contributed by atoms with Crippen molar-refractivity contribution in [1.82, 2.24) is 15.5 Å². The number of amides is 1. The van der Waals surface area contributed by atoms with Gasteiger partial charge in [-0.05, 0) is 29.8 Å². The molecular weight excluding hydrogens is 359 g/mol. The van der Waals surface area contributed by atoms with E-state index in [2.05, 4.69) is 20.8 Å². The first-order chi connectivity index (χ1) is 12.2. The van der Waals surface area contributed by atoms with Gasteiger partial charge in [-0.3, -0.25) is 4.79 Å². The van der Waals surface area contributed by atoms with Crippen LogP contribution in [0.25, 0.3) is 0 Å². The zero-order valence-electron chi connectivity index (χ0n) is 13.1. The van der Waals surface area contributed by atoms with Crippen molar-refractivity contribution in [2.45, 2.75) is 10.9 Å². The third kappa shape index (κ3) is 5.54. The molecule has 0 spiro atoms. The van der Waals surface area contributed by atoms with Crippen LogP contribution in [0.5, 0.6) is 0 Å². The molecule has 1 amide bonds. The van der Waals surface area contributed by atoms with Crippen LogP contribution in [0.4, 0.5) is 15.2 Å².